The van der Waals surface area contributed by atoms with Gasteiger partial charge in [0.15, 0.2) is 0 Å². The maximum atomic E-state index is 12.8. The molecule has 0 aliphatic heterocycles. The number of amides is 1. The van der Waals surface area contributed by atoms with Crippen LogP contribution in [0.1, 0.15) is 21.6 Å². The predicted molar refractivity (Wildman–Crippen MR) is 143 cm³/mol. The van der Waals surface area contributed by atoms with E-state index < -0.39 is 6.10 Å². The van der Waals surface area contributed by atoms with E-state index in [0.29, 0.717) is 30.0 Å². The Hall–Kier alpha value is -3.98. The number of aliphatic hydroxyl groups is 2. The molecule has 192 valence electrons. The van der Waals surface area contributed by atoms with E-state index in [1.807, 2.05) is 91.9 Å². The van der Waals surface area contributed by atoms with Crippen LogP contribution in [0.2, 0.25) is 0 Å². The maximum Gasteiger partial charge on any atom is 0.259 e. The third-order valence-corrected chi connectivity index (χ3v) is 6.00. The second-order valence-electron chi connectivity index (χ2n) is 8.81. The molecule has 8 heteroatoms. The number of carbonyl (C=O) groups is 1. The van der Waals surface area contributed by atoms with Crippen LogP contribution >= 0.6 is 0 Å². The van der Waals surface area contributed by atoms with Gasteiger partial charge < -0.3 is 25.6 Å². The van der Waals surface area contributed by atoms with E-state index in [1.165, 1.54) is 0 Å². The molecular weight excluding hydrogens is 468 g/mol. The van der Waals surface area contributed by atoms with E-state index in [2.05, 4.69) is 15.7 Å². The van der Waals surface area contributed by atoms with Crippen molar-refractivity contribution in [2.24, 2.45) is 0 Å². The van der Waals surface area contributed by atoms with Crippen molar-refractivity contribution in [1.82, 2.24) is 15.1 Å². The van der Waals surface area contributed by atoms with E-state index in [1.54, 1.807) is 10.9 Å². The standard InChI is InChI=1S/C29H32N4O4/c1-21-28(18-31-33(21)25-8-4-2-5-9-25)29(36)32-23-14-12-22(13-15-23)16-24(19-34)30-17-26(35)20-37-27-10-6-3-7-11-27/h2-15,18,24,26,30,34-35H,16-17,19-20H2,1H3,(H,32,36)/t24-,26-/m0/s1. The highest BCUT2D eigenvalue weighted by atomic mass is 16.5. The molecule has 0 radical (unpaired) electrons. The first-order chi connectivity index (χ1) is 18.0. The summed E-state index contributed by atoms with van der Waals surface area (Å²) in [6.07, 6.45) is 1.43. The smallest absolute Gasteiger partial charge is 0.259 e. The van der Waals surface area contributed by atoms with Crippen molar-refractivity contribution in [1.29, 1.82) is 0 Å². The first-order valence-corrected chi connectivity index (χ1v) is 12.2. The van der Waals surface area contributed by atoms with Crippen LogP contribution in [0.25, 0.3) is 5.69 Å². The highest BCUT2D eigenvalue weighted by Crippen LogP contribution is 2.17. The molecule has 0 saturated carbocycles. The Balaban J connectivity index is 1.27. The highest BCUT2D eigenvalue weighted by molar-refractivity contribution is 6.05. The van der Waals surface area contributed by atoms with Gasteiger partial charge >= 0.3 is 0 Å². The van der Waals surface area contributed by atoms with E-state index in [0.717, 1.165) is 16.9 Å². The van der Waals surface area contributed by atoms with Crippen LogP contribution in [0.3, 0.4) is 0 Å². The Bertz CT molecular complexity index is 1260. The van der Waals surface area contributed by atoms with E-state index >= 15 is 0 Å². The second kappa shape index (κ2) is 12.8. The van der Waals surface area contributed by atoms with E-state index in [9.17, 15) is 15.0 Å². The van der Waals surface area contributed by atoms with Gasteiger partial charge in [0.25, 0.3) is 5.91 Å². The zero-order valence-electron chi connectivity index (χ0n) is 20.7. The molecule has 37 heavy (non-hydrogen) atoms. The number of anilines is 1. The summed E-state index contributed by atoms with van der Waals surface area (Å²) < 4.78 is 7.31. The van der Waals surface area contributed by atoms with Gasteiger partial charge in [0, 0.05) is 18.3 Å². The fourth-order valence-corrected chi connectivity index (χ4v) is 3.94. The number of rotatable bonds is 12. The molecule has 2 atom stereocenters. The molecule has 8 nitrogen and oxygen atoms in total. The molecule has 3 aromatic carbocycles. The SMILES string of the molecule is Cc1c(C(=O)Nc2ccc(C[C@@H](CO)NC[C@H](O)COc3ccccc3)cc2)cnn1-c1ccccc1. The Kier molecular flexibility index (Phi) is 9.04. The van der Waals surface area contributed by atoms with Crippen molar-refractivity contribution in [3.63, 3.8) is 0 Å². The van der Waals surface area contributed by atoms with Gasteiger partial charge in [-0.2, -0.15) is 5.10 Å². The van der Waals surface area contributed by atoms with Crippen LogP contribution in [0.4, 0.5) is 5.69 Å². The van der Waals surface area contributed by atoms with Crippen LogP contribution in [0, 0.1) is 6.92 Å². The fraction of sp³-hybridized carbons (Fsp3) is 0.241. The lowest BCUT2D eigenvalue weighted by Crippen LogP contribution is -2.41. The van der Waals surface area contributed by atoms with E-state index in [4.69, 9.17) is 4.74 Å². The number of carbonyl (C=O) groups excluding carboxylic acids is 1. The molecule has 4 aromatic rings. The minimum absolute atomic E-state index is 0.0740. The lowest BCUT2D eigenvalue weighted by molar-refractivity contribution is 0.0997. The number of hydrogen-bond donors (Lipinski definition) is 4. The zero-order chi connectivity index (χ0) is 26.0. The highest BCUT2D eigenvalue weighted by Gasteiger charge is 2.16. The molecule has 4 rings (SSSR count). The molecule has 4 N–H and O–H groups in total. The number of ether oxygens (including phenoxy) is 1. The Morgan fingerprint density at radius 3 is 2.35 bits per heavy atom. The number of aliphatic hydroxyl groups excluding tert-OH is 2. The van der Waals surface area contributed by atoms with Crippen molar-refractivity contribution in [2.75, 3.05) is 25.1 Å². The molecule has 0 aliphatic carbocycles. The van der Waals surface area contributed by atoms with Crippen LogP contribution in [0.5, 0.6) is 5.75 Å². The molecule has 1 amide bonds. The maximum absolute atomic E-state index is 12.8. The van der Waals surface area contributed by atoms with Crippen molar-refractivity contribution >= 4 is 11.6 Å². The Labute approximate surface area is 216 Å². The van der Waals surface area contributed by atoms with E-state index in [-0.39, 0.29) is 25.2 Å². The first-order valence-electron chi connectivity index (χ1n) is 12.2. The van der Waals surface area contributed by atoms with Gasteiger partial charge in [-0.05, 0) is 55.3 Å². The quantitative estimate of drug-likeness (QED) is 0.238. The summed E-state index contributed by atoms with van der Waals surface area (Å²) in [5, 5.41) is 30.5. The summed E-state index contributed by atoms with van der Waals surface area (Å²) in [7, 11) is 0. The van der Waals surface area contributed by atoms with Crippen LogP contribution < -0.4 is 15.4 Å². The minimum Gasteiger partial charge on any atom is -0.491 e. The number of hydrogen-bond acceptors (Lipinski definition) is 6. The molecule has 0 spiro atoms. The molecule has 1 heterocycles. The largest absolute Gasteiger partial charge is 0.491 e. The van der Waals surface area contributed by atoms with Gasteiger partial charge in [-0.1, -0.05) is 48.5 Å². The molecular formula is C29H32N4O4. The van der Waals surface area contributed by atoms with Gasteiger partial charge in [0.1, 0.15) is 18.5 Å². The summed E-state index contributed by atoms with van der Waals surface area (Å²) in [5.41, 5.74) is 3.82. The number of nitrogens with zero attached hydrogens (tertiary/aromatic N) is 2. The average molecular weight is 501 g/mol. The van der Waals surface area contributed by atoms with Crippen molar-refractivity contribution < 1.29 is 19.7 Å². The van der Waals surface area contributed by atoms with Gasteiger partial charge in [-0.25, -0.2) is 4.68 Å². The topological polar surface area (TPSA) is 109 Å². The molecule has 0 fully saturated rings. The van der Waals surface area contributed by atoms with Crippen molar-refractivity contribution in [2.45, 2.75) is 25.5 Å². The Morgan fingerprint density at radius 2 is 1.68 bits per heavy atom. The predicted octanol–water partition coefficient (Wildman–Crippen LogP) is 3.37. The summed E-state index contributed by atoms with van der Waals surface area (Å²) in [5.74, 6) is 0.474. The Morgan fingerprint density at radius 1 is 1.00 bits per heavy atom. The van der Waals surface area contributed by atoms with Gasteiger partial charge in [-0.3, -0.25) is 4.79 Å². The monoisotopic (exact) mass is 500 g/mol. The third-order valence-electron chi connectivity index (χ3n) is 6.00. The molecule has 0 unspecified atom stereocenters. The molecule has 1 aromatic heterocycles. The minimum atomic E-state index is -0.707. The van der Waals surface area contributed by atoms with Gasteiger partial charge in [0.05, 0.1) is 29.7 Å². The van der Waals surface area contributed by atoms with Crippen LogP contribution in [-0.2, 0) is 6.42 Å². The fourth-order valence-electron chi connectivity index (χ4n) is 3.94. The van der Waals surface area contributed by atoms with Crippen LogP contribution in [-0.4, -0.2) is 57.8 Å². The van der Waals surface area contributed by atoms with Crippen molar-refractivity contribution in [3.8, 4) is 11.4 Å². The summed E-state index contributed by atoms with van der Waals surface area (Å²) >= 11 is 0. The van der Waals surface area contributed by atoms with Gasteiger partial charge in [-0.15, -0.1) is 0 Å². The first kappa shape index (κ1) is 26.1. The molecule has 0 aliphatic rings. The summed E-state index contributed by atoms with van der Waals surface area (Å²) in [6.45, 7) is 2.25. The number of benzene rings is 3. The van der Waals surface area contributed by atoms with Crippen LogP contribution in [0.15, 0.2) is 91.1 Å². The van der Waals surface area contributed by atoms with Crippen molar-refractivity contribution in [3.05, 3.63) is 108 Å². The average Bonchev–Trinajstić information content (AvgIpc) is 3.33. The number of para-hydroxylation sites is 2. The third kappa shape index (κ3) is 7.27. The summed E-state index contributed by atoms with van der Waals surface area (Å²) in [6, 6.07) is 26.3. The summed E-state index contributed by atoms with van der Waals surface area (Å²) in [4.78, 5) is 12.8. The lowest BCUT2D eigenvalue weighted by Gasteiger charge is -2.19. The van der Waals surface area contributed by atoms with Gasteiger partial charge in [0.2, 0.25) is 0 Å². The normalized spacial score (nSPS) is 12.6. The zero-order valence-corrected chi connectivity index (χ0v) is 20.7. The number of nitrogens with one attached hydrogen (secondary N) is 2. The lowest BCUT2D eigenvalue weighted by atomic mass is 10.1. The number of aromatic nitrogens is 2. The molecule has 0 bridgehead atoms. The molecule has 0 saturated heterocycles. The second-order valence-corrected chi connectivity index (χ2v) is 8.81.